The van der Waals surface area contributed by atoms with Gasteiger partial charge in [-0.25, -0.2) is 4.39 Å². The first-order valence-electron chi connectivity index (χ1n) is 4.74. The van der Waals surface area contributed by atoms with Gasteiger partial charge < -0.3 is 5.32 Å². The summed E-state index contributed by atoms with van der Waals surface area (Å²) in [5, 5.41) is 5.87. The van der Waals surface area contributed by atoms with Crippen LogP contribution in [0.25, 0.3) is 0 Å². The van der Waals surface area contributed by atoms with Crippen molar-refractivity contribution in [1.29, 1.82) is 0 Å². The fourth-order valence-electron chi connectivity index (χ4n) is 1.37. The van der Waals surface area contributed by atoms with Crippen LogP contribution in [0, 0.1) is 9.39 Å². The molecule has 1 saturated heterocycles. The number of rotatable bonds is 2. The number of thioether (sulfide) groups is 1. The lowest BCUT2D eigenvalue weighted by Gasteiger charge is -2.11. The first-order chi connectivity index (χ1) is 7.66. The Morgan fingerprint density at radius 3 is 3.06 bits per heavy atom. The number of hydrogen-bond acceptors (Lipinski definition) is 3. The zero-order valence-corrected chi connectivity index (χ0v) is 11.3. The minimum Gasteiger partial charge on any atom is -0.324 e. The molecule has 1 amide bonds. The SMILES string of the molecule is O=C(Nc1ccc(F)cc1I)C1CSCN1. The highest BCUT2D eigenvalue weighted by Gasteiger charge is 2.22. The summed E-state index contributed by atoms with van der Waals surface area (Å²) in [6, 6.07) is 4.17. The van der Waals surface area contributed by atoms with Gasteiger partial charge in [-0.3, -0.25) is 10.1 Å². The summed E-state index contributed by atoms with van der Waals surface area (Å²) in [6.45, 7) is 0. The molecular weight excluding hydrogens is 342 g/mol. The Bertz CT molecular complexity index is 410. The van der Waals surface area contributed by atoms with Crippen LogP contribution in [0.1, 0.15) is 0 Å². The molecule has 0 aliphatic carbocycles. The van der Waals surface area contributed by atoms with Gasteiger partial charge >= 0.3 is 0 Å². The average Bonchev–Trinajstić information content (AvgIpc) is 2.75. The smallest absolute Gasteiger partial charge is 0.242 e. The minimum atomic E-state index is -0.294. The second-order valence-electron chi connectivity index (χ2n) is 3.39. The van der Waals surface area contributed by atoms with Gasteiger partial charge in [0.05, 0.1) is 11.7 Å². The van der Waals surface area contributed by atoms with Crippen LogP contribution in [0.5, 0.6) is 0 Å². The highest BCUT2D eigenvalue weighted by molar-refractivity contribution is 14.1. The Balaban J connectivity index is 2.05. The summed E-state index contributed by atoms with van der Waals surface area (Å²) in [5.74, 6) is 1.23. The summed E-state index contributed by atoms with van der Waals surface area (Å²) in [5.41, 5.74) is 0.658. The maximum atomic E-state index is 12.9. The molecule has 6 heteroatoms. The standard InChI is InChI=1S/C10H10FIN2OS/c11-6-1-2-8(7(12)3-6)14-10(15)9-4-16-5-13-9/h1-3,9,13H,4-5H2,(H,14,15). The van der Waals surface area contributed by atoms with Gasteiger partial charge in [-0.2, -0.15) is 0 Å². The summed E-state index contributed by atoms with van der Waals surface area (Å²) in [6.07, 6.45) is 0. The van der Waals surface area contributed by atoms with Crippen molar-refractivity contribution in [1.82, 2.24) is 5.32 Å². The van der Waals surface area contributed by atoms with E-state index in [0.717, 1.165) is 11.6 Å². The number of nitrogens with one attached hydrogen (secondary N) is 2. The van der Waals surface area contributed by atoms with Gasteiger partial charge in [0.25, 0.3) is 0 Å². The minimum absolute atomic E-state index is 0.0606. The molecule has 2 rings (SSSR count). The van der Waals surface area contributed by atoms with E-state index >= 15 is 0 Å². The Kier molecular flexibility index (Phi) is 4.04. The Hall–Kier alpha value is -0.340. The van der Waals surface area contributed by atoms with E-state index in [-0.39, 0.29) is 17.8 Å². The van der Waals surface area contributed by atoms with Crippen LogP contribution in [-0.4, -0.2) is 23.6 Å². The molecule has 1 heterocycles. The summed E-state index contributed by atoms with van der Waals surface area (Å²) < 4.78 is 13.6. The summed E-state index contributed by atoms with van der Waals surface area (Å²) in [4.78, 5) is 11.8. The molecule has 1 atom stereocenters. The molecule has 86 valence electrons. The molecular formula is C10H10FIN2OS. The number of carbonyl (C=O) groups is 1. The molecule has 3 nitrogen and oxygen atoms in total. The van der Waals surface area contributed by atoms with Gasteiger partial charge in [-0.1, -0.05) is 0 Å². The Morgan fingerprint density at radius 1 is 1.62 bits per heavy atom. The Morgan fingerprint density at radius 2 is 2.44 bits per heavy atom. The average molecular weight is 352 g/mol. The van der Waals surface area contributed by atoms with Gasteiger partial charge in [0.1, 0.15) is 5.82 Å². The van der Waals surface area contributed by atoms with E-state index in [1.807, 2.05) is 22.6 Å². The van der Waals surface area contributed by atoms with Gasteiger partial charge in [-0.15, -0.1) is 11.8 Å². The Labute approximate surface area is 111 Å². The fraction of sp³-hybridized carbons (Fsp3) is 0.300. The summed E-state index contributed by atoms with van der Waals surface area (Å²) in [7, 11) is 0. The van der Waals surface area contributed by atoms with E-state index in [2.05, 4.69) is 10.6 Å². The maximum absolute atomic E-state index is 12.9. The van der Waals surface area contributed by atoms with E-state index in [1.54, 1.807) is 17.8 Å². The van der Waals surface area contributed by atoms with Crippen molar-refractivity contribution in [3.05, 3.63) is 27.6 Å². The third-order valence-corrected chi connectivity index (χ3v) is 4.05. The summed E-state index contributed by atoms with van der Waals surface area (Å²) >= 11 is 3.70. The van der Waals surface area contributed by atoms with Gasteiger partial charge in [0.2, 0.25) is 5.91 Å². The molecule has 0 spiro atoms. The van der Waals surface area contributed by atoms with Crippen molar-refractivity contribution in [2.45, 2.75) is 6.04 Å². The van der Waals surface area contributed by atoms with Gasteiger partial charge in [-0.05, 0) is 40.8 Å². The van der Waals surface area contributed by atoms with E-state index < -0.39 is 0 Å². The number of halogens is 2. The van der Waals surface area contributed by atoms with Gasteiger partial charge in [0.15, 0.2) is 0 Å². The maximum Gasteiger partial charge on any atom is 0.242 e. The highest BCUT2D eigenvalue weighted by Crippen LogP contribution is 2.20. The number of carbonyl (C=O) groups excluding carboxylic acids is 1. The normalized spacial score (nSPS) is 19.8. The lowest BCUT2D eigenvalue weighted by atomic mass is 10.2. The molecule has 1 aromatic carbocycles. The quantitative estimate of drug-likeness (QED) is 0.801. The molecule has 1 unspecified atom stereocenters. The molecule has 0 radical (unpaired) electrons. The van der Waals surface area contributed by atoms with Crippen molar-refractivity contribution in [3.8, 4) is 0 Å². The number of amides is 1. The molecule has 16 heavy (non-hydrogen) atoms. The number of anilines is 1. The van der Waals surface area contributed by atoms with E-state index in [1.165, 1.54) is 12.1 Å². The zero-order chi connectivity index (χ0) is 11.5. The second kappa shape index (κ2) is 5.33. The third kappa shape index (κ3) is 2.86. The van der Waals surface area contributed by atoms with Crippen LogP contribution in [-0.2, 0) is 4.79 Å². The molecule has 0 bridgehead atoms. The van der Waals surface area contributed by atoms with Crippen molar-refractivity contribution < 1.29 is 9.18 Å². The molecule has 1 aromatic rings. The predicted octanol–water partition coefficient (Wildman–Crippen LogP) is 2.03. The molecule has 0 aromatic heterocycles. The van der Waals surface area contributed by atoms with Gasteiger partial charge in [0, 0.05) is 15.2 Å². The monoisotopic (exact) mass is 352 g/mol. The zero-order valence-electron chi connectivity index (χ0n) is 8.30. The fourth-order valence-corrected chi connectivity index (χ4v) is 2.93. The number of benzene rings is 1. The second-order valence-corrected chi connectivity index (χ2v) is 5.58. The lowest BCUT2D eigenvalue weighted by Crippen LogP contribution is -2.37. The topological polar surface area (TPSA) is 41.1 Å². The van der Waals surface area contributed by atoms with Crippen molar-refractivity contribution in [2.75, 3.05) is 16.9 Å². The lowest BCUT2D eigenvalue weighted by molar-refractivity contribution is -0.117. The van der Waals surface area contributed by atoms with Crippen LogP contribution in [0.2, 0.25) is 0 Å². The van der Waals surface area contributed by atoms with Crippen LogP contribution < -0.4 is 10.6 Å². The number of hydrogen-bond donors (Lipinski definition) is 2. The van der Waals surface area contributed by atoms with E-state index in [0.29, 0.717) is 9.26 Å². The van der Waals surface area contributed by atoms with Crippen LogP contribution in [0.15, 0.2) is 18.2 Å². The van der Waals surface area contributed by atoms with Crippen LogP contribution in [0.3, 0.4) is 0 Å². The van der Waals surface area contributed by atoms with Crippen LogP contribution >= 0.6 is 34.4 Å². The van der Waals surface area contributed by atoms with E-state index in [9.17, 15) is 9.18 Å². The molecule has 0 saturated carbocycles. The largest absolute Gasteiger partial charge is 0.324 e. The first kappa shape index (κ1) is 12.1. The first-order valence-corrected chi connectivity index (χ1v) is 6.97. The van der Waals surface area contributed by atoms with Crippen molar-refractivity contribution in [3.63, 3.8) is 0 Å². The molecule has 2 N–H and O–H groups in total. The molecule has 1 aliphatic rings. The van der Waals surface area contributed by atoms with Crippen molar-refractivity contribution >= 4 is 45.9 Å². The van der Waals surface area contributed by atoms with E-state index in [4.69, 9.17) is 0 Å². The predicted molar refractivity (Wildman–Crippen MR) is 72.0 cm³/mol. The van der Waals surface area contributed by atoms with Crippen LogP contribution in [0.4, 0.5) is 10.1 Å². The third-order valence-electron chi connectivity index (χ3n) is 2.22. The molecule has 1 fully saturated rings. The highest BCUT2D eigenvalue weighted by atomic mass is 127. The molecule has 1 aliphatic heterocycles. The van der Waals surface area contributed by atoms with Crippen molar-refractivity contribution in [2.24, 2.45) is 0 Å².